The largest absolute Gasteiger partial charge is 0.365 e. The van der Waals surface area contributed by atoms with Crippen molar-refractivity contribution >= 4 is 5.91 Å². The summed E-state index contributed by atoms with van der Waals surface area (Å²) in [5.74, 6) is 1.23. The van der Waals surface area contributed by atoms with Crippen molar-refractivity contribution < 1.29 is 14.1 Å². The molecule has 0 radical (unpaired) electrons. The average Bonchev–Trinajstić information content (AvgIpc) is 3.39. The van der Waals surface area contributed by atoms with Gasteiger partial charge in [-0.15, -0.1) is 0 Å². The molecule has 6 heteroatoms. The minimum atomic E-state index is -0.834. The smallest absolute Gasteiger partial charge is 0.252 e. The summed E-state index contributed by atoms with van der Waals surface area (Å²) in [5.41, 5.74) is 0.958. The monoisotopic (exact) mass is 383 g/mol. The fourth-order valence-electron chi connectivity index (χ4n) is 4.18. The van der Waals surface area contributed by atoms with Crippen molar-refractivity contribution in [3.05, 3.63) is 42.2 Å². The molecule has 1 aromatic carbocycles. The molecule has 6 nitrogen and oxygen atoms in total. The van der Waals surface area contributed by atoms with E-state index in [0.29, 0.717) is 31.1 Å². The minimum absolute atomic E-state index is 0.0124. The highest BCUT2D eigenvalue weighted by atomic mass is 16.5. The van der Waals surface area contributed by atoms with Gasteiger partial charge in [0.05, 0.1) is 0 Å². The molecule has 0 spiro atoms. The molecule has 2 aliphatic rings. The Morgan fingerprint density at radius 2 is 2.07 bits per heavy atom. The van der Waals surface area contributed by atoms with Crippen LogP contribution in [0.3, 0.4) is 0 Å². The lowest BCUT2D eigenvalue weighted by Gasteiger charge is -2.31. The highest BCUT2D eigenvalue weighted by molar-refractivity contribution is 5.85. The van der Waals surface area contributed by atoms with E-state index in [9.17, 15) is 4.79 Å². The number of benzene rings is 1. The molecule has 1 amide bonds. The first-order valence-electron chi connectivity index (χ1n) is 10.3. The SMILES string of the molecule is CN1CCC(CNC(=O)[C@@]2(Cc3cc(-c4ccccc4)no3)CCCO2)CC1. The maximum Gasteiger partial charge on any atom is 0.252 e. The van der Waals surface area contributed by atoms with E-state index in [0.717, 1.165) is 50.2 Å². The van der Waals surface area contributed by atoms with Crippen LogP contribution >= 0.6 is 0 Å². The summed E-state index contributed by atoms with van der Waals surface area (Å²) in [5, 5.41) is 7.34. The van der Waals surface area contributed by atoms with Crippen LogP contribution in [0.1, 0.15) is 31.4 Å². The minimum Gasteiger partial charge on any atom is -0.365 e. The molecule has 0 bridgehead atoms. The van der Waals surface area contributed by atoms with Crippen LogP contribution in [0.5, 0.6) is 0 Å². The van der Waals surface area contributed by atoms with E-state index in [-0.39, 0.29) is 5.91 Å². The van der Waals surface area contributed by atoms with Gasteiger partial charge in [-0.2, -0.15) is 0 Å². The van der Waals surface area contributed by atoms with Crippen LogP contribution in [0, 0.1) is 5.92 Å². The Balaban J connectivity index is 1.40. The highest BCUT2D eigenvalue weighted by Gasteiger charge is 2.44. The summed E-state index contributed by atoms with van der Waals surface area (Å²) in [7, 11) is 2.15. The number of rotatable bonds is 6. The third kappa shape index (κ3) is 4.28. The number of nitrogens with zero attached hydrogens (tertiary/aromatic N) is 2. The lowest BCUT2D eigenvalue weighted by molar-refractivity contribution is -0.142. The van der Waals surface area contributed by atoms with E-state index < -0.39 is 5.60 Å². The lowest BCUT2D eigenvalue weighted by Crippen LogP contribution is -2.49. The first kappa shape index (κ1) is 19.2. The molecular weight excluding hydrogens is 354 g/mol. The Hall–Kier alpha value is -2.18. The molecule has 2 saturated heterocycles. The maximum atomic E-state index is 13.0. The normalized spacial score (nSPS) is 23.8. The van der Waals surface area contributed by atoms with Gasteiger partial charge in [-0.3, -0.25) is 4.79 Å². The third-order valence-electron chi connectivity index (χ3n) is 5.99. The van der Waals surface area contributed by atoms with Crippen LogP contribution < -0.4 is 5.32 Å². The van der Waals surface area contributed by atoms with Crippen molar-refractivity contribution in [1.29, 1.82) is 0 Å². The van der Waals surface area contributed by atoms with Crippen molar-refractivity contribution in [1.82, 2.24) is 15.4 Å². The molecule has 3 heterocycles. The van der Waals surface area contributed by atoms with Crippen molar-refractivity contribution in [2.45, 2.75) is 37.7 Å². The summed E-state index contributed by atoms with van der Waals surface area (Å²) >= 11 is 0. The maximum absolute atomic E-state index is 13.0. The molecule has 0 unspecified atom stereocenters. The molecule has 1 aromatic heterocycles. The molecule has 28 heavy (non-hydrogen) atoms. The Bertz CT molecular complexity index is 775. The van der Waals surface area contributed by atoms with Crippen LogP contribution in [-0.2, 0) is 16.0 Å². The molecule has 2 aromatic rings. The Kier molecular flexibility index (Phi) is 5.78. The zero-order chi connectivity index (χ0) is 19.4. The van der Waals surface area contributed by atoms with Gasteiger partial charge in [-0.05, 0) is 51.7 Å². The van der Waals surface area contributed by atoms with Crippen molar-refractivity contribution in [3.8, 4) is 11.3 Å². The zero-order valence-corrected chi connectivity index (χ0v) is 16.5. The highest BCUT2D eigenvalue weighted by Crippen LogP contribution is 2.31. The predicted octanol–water partition coefficient (Wildman–Crippen LogP) is 2.89. The van der Waals surface area contributed by atoms with Crippen LogP contribution in [0.25, 0.3) is 11.3 Å². The fourth-order valence-corrected chi connectivity index (χ4v) is 4.18. The molecule has 0 aliphatic carbocycles. The average molecular weight is 383 g/mol. The summed E-state index contributed by atoms with van der Waals surface area (Å²) < 4.78 is 11.5. The Labute approximate surface area is 166 Å². The predicted molar refractivity (Wildman–Crippen MR) is 107 cm³/mol. The second kappa shape index (κ2) is 8.45. The van der Waals surface area contributed by atoms with Gasteiger partial charge in [0, 0.05) is 31.2 Å². The Morgan fingerprint density at radius 3 is 2.79 bits per heavy atom. The van der Waals surface area contributed by atoms with E-state index in [1.807, 2.05) is 36.4 Å². The molecule has 150 valence electrons. The van der Waals surface area contributed by atoms with E-state index >= 15 is 0 Å². The van der Waals surface area contributed by atoms with Gasteiger partial charge in [0.25, 0.3) is 5.91 Å². The van der Waals surface area contributed by atoms with Crippen molar-refractivity contribution in [2.24, 2.45) is 5.92 Å². The first-order chi connectivity index (χ1) is 13.6. The van der Waals surface area contributed by atoms with Crippen molar-refractivity contribution in [2.75, 3.05) is 33.3 Å². The number of carbonyl (C=O) groups excluding carboxylic acids is 1. The van der Waals surface area contributed by atoms with Crippen molar-refractivity contribution in [3.63, 3.8) is 0 Å². The number of likely N-dealkylation sites (tertiary alicyclic amines) is 1. The number of carbonyl (C=O) groups is 1. The first-order valence-corrected chi connectivity index (χ1v) is 10.3. The summed E-state index contributed by atoms with van der Waals surface area (Å²) in [6, 6.07) is 11.8. The number of amides is 1. The van der Waals surface area contributed by atoms with Gasteiger partial charge in [0.15, 0.2) is 5.60 Å². The quantitative estimate of drug-likeness (QED) is 0.831. The van der Waals surface area contributed by atoms with E-state index in [2.05, 4.69) is 22.4 Å². The van der Waals surface area contributed by atoms with Gasteiger partial charge in [-0.25, -0.2) is 0 Å². The molecule has 2 fully saturated rings. The number of piperidine rings is 1. The van der Waals surface area contributed by atoms with Crippen LogP contribution in [0.4, 0.5) is 0 Å². The third-order valence-corrected chi connectivity index (χ3v) is 5.99. The van der Waals surface area contributed by atoms with Gasteiger partial charge in [0.2, 0.25) is 0 Å². The van der Waals surface area contributed by atoms with E-state index in [1.165, 1.54) is 0 Å². The van der Waals surface area contributed by atoms with E-state index in [4.69, 9.17) is 9.26 Å². The van der Waals surface area contributed by atoms with Crippen LogP contribution in [0.15, 0.2) is 40.9 Å². The second-order valence-corrected chi connectivity index (χ2v) is 8.12. The number of ether oxygens (including phenoxy) is 1. The fraction of sp³-hybridized carbons (Fsp3) is 0.545. The van der Waals surface area contributed by atoms with Gasteiger partial charge >= 0.3 is 0 Å². The summed E-state index contributed by atoms with van der Waals surface area (Å²) in [6.07, 6.45) is 4.29. The summed E-state index contributed by atoms with van der Waals surface area (Å²) in [4.78, 5) is 15.4. The van der Waals surface area contributed by atoms with Gasteiger partial charge in [-0.1, -0.05) is 35.5 Å². The number of aromatic nitrogens is 1. The lowest BCUT2D eigenvalue weighted by atomic mass is 9.92. The van der Waals surface area contributed by atoms with Crippen LogP contribution in [0.2, 0.25) is 0 Å². The van der Waals surface area contributed by atoms with Gasteiger partial charge < -0.3 is 19.5 Å². The molecule has 4 rings (SSSR count). The standard InChI is InChI=1S/C22H29N3O3/c1-25-11-8-17(9-12-25)16-23-21(26)22(10-5-13-27-22)15-19-14-20(24-28-19)18-6-3-2-4-7-18/h2-4,6-7,14,17H,5,8-13,15-16H2,1H3,(H,23,26)/t22-/m0/s1. The summed E-state index contributed by atoms with van der Waals surface area (Å²) in [6.45, 7) is 3.54. The molecule has 1 N–H and O–H groups in total. The molecular formula is C22H29N3O3. The molecule has 1 atom stereocenters. The number of nitrogens with one attached hydrogen (secondary N) is 1. The van der Waals surface area contributed by atoms with Gasteiger partial charge in [0.1, 0.15) is 11.5 Å². The number of hydrogen-bond donors (Lipinski definition) is 1. The van der Waals surface area contributed by atoms with Crippen LogP contribution in [-0.4, -0.2) is 54.9 Å². The Morgan fingerprint density at radius 1 is 1.29 bits per heavy atom. The topological polar surface area (TPSA) is 67.6 Å². The molecule has 2 aliphatic heterocycles. The number of hydrogen-bond acceptors (Lipinski definition) is 5. The molecule has 0 saturated carbocycles. The zero-order valence-electron chi connectivity index (χ0n) is 16.5. The second-order valence-electron chi connectivity index (χ2n) is 8.12. The van der Waals surface area contributed by atoms with E-state index in [1.54, 1.807) is 0 Å².